The molecule has 0 fully saturated rings. The summed E-state index contributed by atoms with van der Waals surface area (Å²) in [6.07, 6.45) is 0.724. The van der Waals surface area contributed by atoms with Gasteiger partial charge in [-0.3, -0.25) is 13.9 Å². The van der Waals surface area contributed by atoms with Gasteiger partial charge in [0.1, 0.15) is 18.3 Å². The van der Waals surface area contributed by atoms with Gasteiger partial charge in [0.2, 0.25) is 11.8 Å². The number of amides is 2. The molecule has 0 aromatic heterocycles. The Bertz CT molecular complexity index is 1410. The predicted octanol–water partition coefficient (Wildman–Crippen LogP) is 5.18. The number of hydrogen-bond donors (Lipinski definition) is 1. The van der Waals surface area contributed by atoms with Crippen LogP contribution in [0.3, 0.4) is 0 Å². The minimum absolute atomic E-state index is 0.0422. The summed E-state index contributed by atoms with van der Waals surface area (Å²) in [5.41, 5.74) is 1.91. The Morgan fingerprint density at radius 3 is 2.25 bits per heavy atom. The van der Waals surface area contributed by atoms with E-state index < -0.39 is 28.5 Å². The molecule has 0 aliphatic heterocycles. The third-order valence-electron chi connectivity index (χ3n) is 6.66. The summed E-state index contributed by atoms with van der Waals surface area (Å²) in [6.45, 7) is 6.89. The molecule has 214 valence electrons. The first-order valence-corrected chi connectivity index (χ1v) is 14.9. The molecule has 0 radical (unpaired) electrons. The lowest BCUT2D eigenvalue weighted by molar-refractivity contribution is -0.139. The summed E-state index contributed by atoms with van der Waals surface area (Å²) < 4.78 is 34.2. The number of ether oxygens (including phenoxy) is 1. The maximum atomic E-state index is 14.0. The fraction of sp³-hybridized carbons (Fsp3) is 0.333. The number of benzene rings is 3. The Balaban J connectivity index is 2.04. The molecule has 3 aromatic carbocycles. The van der Waals surface area contributed by atoms with Gasteiger partial charge in [-0.2, -0.15) is 0 Å². The van der Waals surface area contributed by atoms with Gasteiger partial charge in [0.25, 0.3) is 10.0 Å². The van der Waals surface area contributed by atoms with Crippen LogP contribution in [0.4, 0.5) is 5.69 Å². The van der Waals surface area contributed by atoms with Crippen LogP contribution in [0, 0.1) is 6.92 Å². The van der Waals surface area contributed by atoms with E-state index in [2.05, 4.69) is 5.32 Å². The van der Waals surface area contributed by atoms with Crippen molar-refractivity contribution < 1.29 is 22.7 Å². The fourth-order valence-electron chi connectivity index (χ4n) is 3.97. The van der Waals surface area contributed by atoms with Crippen LogP contribution in [0.5, 0.6) is 5.75 Å². The van der Waals surface area contributed by atoms with Crippen molar-refractivity contribution in [1.29, 1.82) is 0 Å². The van der Waals surface area contributed by atoms with Gasteiger partial charge in [-0.1, -0.05) is 54.4 Å². The first-order valence-electron chi connectivity index (χ1n) is 13.0. The van der Waals surface area contributed by atoms with Gasteiger partial charge in [0, 0.05) is 23.7 Å². The summed E-state index contributed by atoms with van der Waals surface area (Å²) in [4.78, 5) is 28.5. The maximum absolute atomic E-state index is 14.0. The average molecular weight is 586 g/mol. The van der Waals surface area contributed by atoms with Crippen molar-refractivity contribution in [3.8, 4) is 5.75 Å². The Hall–Kier alpha value is -3.56. The quantitative estimate of drug-likeness (QED) is 0.316. The summed E-state index contributed by atoms with van der Waals surface area (Å²) in [7, 11) is -2.68. The van der Waals surface area contributed by atoms with E-state index in [9.17, 15) is 18.0 Å². The monoisotopic (exact) mass is 585 g/mol. The largest absolute Gasteiger partial charge is 0.497 e. The van der Waals surface area contributed by atoms with Crippen molar-refractivity contribution >= 4 is 39.1 Å². The summed E-state index contributed by atoms with van der Waals surface area (Å²) >= 11 is 6.05. The van der Waals surface area contributed by atoms with Gasteiger partial charge in [-0.25, -0.2) is 8.42 Å². The molecule has 0 saturated heterocycles. The van der Waals surface area contributed by atoms with Crippen LogP contribution >= 0.6 is 11.6 Å². The van der Waals surface area contributed by atoms with E-state index in [-0.39, 0.29) is 29.1 Å². The van der Waals surface area contributed by atoms with Gasteiger partial charge in [0.05, 0.1) is 17.7 Å². The lowest BCUT2D eigenvalue weighted by Crippen LogP contribution is -2.52. The lowest BCUT2D eigenvalue weighted by atomic mass is 10.1. The first-order chi connectivity index (χ1) is 19.0. The number of methoxy groups -OCH3 is 1. The Morgan fingerprint density at radius 1 is 1.00 bits per heavy atom. The van der Waals surface area contributed by atoms with Crippen LogP contribution in [0.1, 0.15) is 38.3 Å². The summed E-state index contributed by atoms with van der Waals surface area (Å²) in [6, 6.07) is 18.9. The molecule has 1 N–H and O–H groups in total. The third-order valence-corrected chi connectivity index (χ3v) is 8.70. The fourth-order valence-corrected chi connectivity index (χ4v) is 5.50. The van der Waals surface area contributed by atoms with Crippen LogP contribution in [0.2, 0.25) is 5.02 Å². The Labute approximate surface area is 241 Å². The van der Waals surface area contributed by atoms with Gasteiger partial charge in [0.15, 0.2) is 0 Å². The molecule has 2 amide bonds. The highest BCUT2D eigenvalue weighted by molar-refractivity contribution is 7.92. The highest BCUT2D eigenvalue weighted by Crippen LogP contribution is 2.28. The zero-order valence-electron chi connectivity index (χ0n) is 23.4. The molecule has 8 nitrogen and oxygen atoms in total. The van der Waals surface area contributed by atoms with Crippen LogP contribution < -0.4 is 14.4 Å². The normalized spacial score (nSPS) is 12.8. The SMILES string of the molecule is CC[C@H](C)NC(=O)[C@H](C)N(Cc1ccc(Cl)cc1)C(=O)CN(c1cccc(OC)c1)S(=O)(=O)c1ccc(C)cc1. The molecule has 0 unspecified atom stereocenters. The summed E-state index contributed by atoms with van der Waals surface area (Å²) in [5.74, 6) is -0.431. The van der Waals surface area contributed by atoms with Crippen LogP contribution in [-0.4, -0.2) is 50.9 Å². The number of aryl methyl sites for hydroxylation is 1. The topological polar surface area (TPSA) is 96.0 Å². The molecule has 10 heteroatoms. The van der Waals surface area contributed by atoms with Crippen molar-refractivity contribution in [3.63, 3.8) is 0 Å². The van der Waals surface area contributed by atoms with E-state index in [4.69, 9.17) is 16.3 Å². The third kappa shape index (κ3) is 7.76. The van der Waals surface area contributed by atoms with Crippen molar-refractivity contribution in [1.82, 2.24) is 10.2 Å². The predicted molar refractivity (Wildman–Crippen MR) is 158 cm³/mol. The van der Waals surface area contributed by atoms with Gasteiger partial charge in [-0.05, 0) is 69.2 Å². The number of carbonyl (C=O) groups is 2. The second-order valence-electron chi connectivity index (χ2n) is 9.67. The van der Waals surface area contributed by atoms with Crippen molar-refractivity contribution in [2.45, 2.75) is 57.6 Å². The number of nitrogens with one attached hydrogen (secondary N) is 1. The van der Waals surface area contributed by atoms with E-state index in [1.165, 1.54) is 24.1 Å². The van der Waals surface area contributed by atoms with E-state index in [1.807, 2.05) is 20.8 Å². The standard InChI is InChI=1S/C30H36ClN3O5S/c1-6-22(3)32-30(36)23(4)33(19-24-12-14-25(31)15-13-24)29(35)20-34(26-8-7-9-27(18-26)39-5)40(37,38)28-16-10-21(2)11-17-28/h7-18,22-23H,6,19-20H2,1-5H3,(H,32,36)/t22-,23-/m0/s1. The van der Waals surface area contributed by atoms with Crippen molar-refractivity contribution in [2.75, 3.05) is 18.0 Å². The van der Waals surface area contributed by atoms with E-state index in [0.29, 0.717) is 10.8 Å². The summed E-state index contributed by atoms with van der Waals surface area (Å²) in [5, 5.41) is 3.46. The first kappa shape index (κ1) is 31.0. The number of nitrogens with zero attached hydrogens (tertiary/aromatic N) is 2. The average Bonchev–Trinajstić information content (AvgIpc) is 2.95. The second kappa shape index (κ2) is 13.7. The molecular formula is C30H36ClN3O5S. The molecule has 0 bridgehead atoms. The Kier molecular flexibility index (Phi) is 10.6. The maximum Gasteiger partial charge on any atom is 0.264 e. The molecule has 3 aromatic rings. The molecule has 0 aliphatic rings. The molecule has 0 saturated carbocycles. The van der Waals surface area contributed by atoms with E-state index >= 15 is 0 Å². The number of anilines is 1. The van der Waals surface area contributed by atoms with Crippen LogP contribution in [0.25, 0.3) is 0 Å². The number of halogens is 1. The van der Waals surface area contributed by atoms with Crippen LogP contribution in [-0.2, 0) is 26.2 Å². The molecule has 2 atom stereocenters. The zero-order valence-corrected chi connectivity index (χ0v) is 25.0. The number of carbonyl (C=O) groups excluding carboxylic acids is 2. The molecule has 3 rings (SSSR count). The van der Waals surface area contributed by atoms with Crippen molar-refractivity contribution in [3.05, 3.63) is 88.9 Å². The van der Waals surface area contributed by atoms with Gasteiger partial charge in [-0.15, -0.1) is 0 Å². The minimum Gasteiger partial charge on any atom is -0.497 e. The molecule has 0 aliphatic carbocycles. The number of hydrogen-bond acceptors (Lipinski definition) is 5. The lowest BCUT2D eigenvalue weighted by Gasteiger charge is -2.32. The molecule has 0 heterocycles. The Morgan fingerprint density at radius 2 is 1.65 bits per heavy atom. The molecule has 0 spiro atoms. The highest BCUT2D eigenvalue weighted by atomic mass is 35.5. The van der Waals surface area contributed by atoms with Crippen LogP contribution in [0.15, 0.2) is 77.7 Å². The molecular weight excluding hydrogens is 550 g/mol. The van der Waals surface area contributed by atoms with Gasteiger partial charge >= 0.3 is 0 Å². The van der Waals surface area contributed by atoms with Gasteiger partial charge < -0.3 is 15.0 Å². The smallest absolute Gasteiger partial charge is 0.264 e. The van der Waals surface area contributed by atoms with Crippen molar-refractivity contribution in [2.24, 2.45) is 0 Å². The number of sulfonamides is 1. The highest BCUT2D eigenvalue weighted by Gasteiger charge is 2.33. The minimum atomic E-state index is -4.16. The van der Waals surface area contributed by atoms with E-state index in [1.54, 1.807) is 67.6 Å². The number of rotatable bonds is 12. The molecule has 40 heavy (non-hydrogen) atoms. The second-order valence-corrected chi connectivity index (χ2v) is 12.0. The zero-order chi connectivity index (χ0) is 29.4. The van der Waals surface area contributed by atoms with E-state index in [0.717, 1.165) is 21.9 Å².